The highest BCUT2D eigenvalue weighted by Gasteiger charge is 2.19. The number of fused-ring (bicyclic) bond motifs is 3. The van der Waals surface area contributed by atoms with E-state index in [-0.39, 0.29) is 19.8 Å². The second-order valence-electron chi connectivity index (χ2n) is 5.83. The Balaban J connectivity index is 2.33. The average molecular weight is 335 g/mol. The molecular weight excluding hydrogens is 314 g/mol. The van der Waals surface area contributed by atoms with Gasteiger partial charge in [0.15, 0.2) is 11.2 Å². The van der Waals surface area contributed by atoms with Crippen LogP contribution in [0.15, 0.2) is 15.8 Å². The maximum absolute atomic E-state index is 12.8. The first-order chi connectivity index (χ1) is 11.5. The molecular formula is C15H21N5O4. The molecule has 0 atom stereocenters. The van der Waals surface area contributed by atoms with Crippen molar-refractivity contribution in [3.63, 3.8) is 0 Å². The van der Waals surface area contributed by atoms with E-state index in [4.69, 9.17) is 10.2 Å². The van der Waals surface area contributed by atoms with Gasteiger partial charge in [-0.25, -0.2) is 4.79 Å². The van der Waals surface area contributed by atoms with Crippen LogP contribution in [0.3, 0.4) is 0 Å². The van der Waals surface area contributed by atoms with E-state index in [2.05, 4.69) is 4.98 Å². The fourth-order valence-corrected chi connectivity index (χ4v) is 2.99. The molecule has 0 bridgehead atoms. The van der Waals surface area contributed by atoms with Crippen LogP contribution in [-0.4, -0.2) is 46.5 Å². The summed E-state index contributed by atoms with van der Waals surface area (Å²) in [6.45, 7) is 2.62. The van der Waals surface area contributed by atoms with Gasteiger partial charge in [0, 0.05) is 45.2 Å². The summed E-state index contributed by atoms with van der Waals surface area (Å²) in [7, 11) is 1.58. The molecule has 0 fully saturated rings. The fourth-order valence-electron chi connectivity index (χ4n) is 2.99. The van der Waals surface area contributed by atoms with Crippen LogP contribution in [0.4, 0.5) is 0 Å². The van der Waals surface area contributed by atoms with E-state index < -0.39 is 11.2 Å². The molecule has 0 saturated heterocycles. The average Bonchev–Trinajstić information content (AvgIpc) is 3.06. The molecule has 130 valence electrons. The molecule has 3 rings (SSSR count). The SMILES string of the molecule is Cc1cn2c3c(=O)n(CCCO)c(=O)n(C)c3nc2n1CCCO. The maximum atomic E-state index is 12.8. The topological polar surface area (TPSA) is 107 Å². The summed E-state index contributed by atoms with van der Waals surface area (Å²) < 4.78 is 6.09. The normalized spacial score (nSPS) is 11.8. The quantitative estimate of drug-likeness (QED) is 0.615. The van der Waals surface area contributed by atoms with Crippen molar-refractivity contribution in [2.24, 2.45) is 7.05 Å². The van der Waals surface area contributed by atoms with E-state index in [0.717, 1.165) is 10.3 Å². The molecule has 0 aliphatic heterocycles. The molecule has 9 heteroatoms. The molecule has 24 heavy (non-hydrogen) atoms. The second kappa shape index (κ2) is 6.25. The van der Waals surface area contributed by atoms with Gasteiger partial charge in [-0.3, -0.25) is 18.3 Å². The van der Waals surface area contributed by atoms with Gasteiger partial charge in [0.2, 0.25) is 5.78 Å². The highest BCUT2D eigenvalue weighted by Crippen LogP contribution is 2.16. The molecule has 9 nitrogen and oxygen atoms in total. The van der Waals surface area contributed by atoms with Crippen molar-refractivity contribution in [2.75, 3.05) is 13.2 Å². The number of hydrogen-bond donors (Lipinski definition) is 2. The summed E-state index contributed by atoms with van der Waals surface area (Å²) in [5, 5.41) is 18.0. The molecule has 0 aliphatic carbocycles. The summed E-state index contributed by atoms with van der Waals surface area (Å²) in [5.74, 6) is 0.572. The maximum Gasteiger partial charge on any atom is 0.332 e. The smallest absolute Gasteiger partial charge is 0.332 e. The Morgan fingerprint density at radius 3 is 2.33 bits per heavy atom. The van der Waals surface area contributed by atoms with Gasteiger partial charge in [0.1, 0.15) is 0 Å². The van der Waals surface area contributed by atoms with E-state index in [9.17, 15) is 9.59 Å². The number of rotatable bonds is 6. The minimum Gasteiger partial charge on any atom is -0.396 e. The van der Waals surface area contributed by atoms with Gasteiger partial charge in [0.25, 0.3) is 5.56 Å². The van der Waals surface area contributed by atoms with E-state index in [1.165, 1.54) is 4.57 Å². The number of aromatic nitrogens is 5. The first-order valence-electron chi connectivity index (χ1n) is 7.90. The van der Waals surface area contributed by atoms with Gasteiger partial charge >= 0.3 is 5.69 Å². The number of hydrogen-bond acceptors (Lipinski definition) is 5. The van der Waals surface area contributed by atoms with Crippen LogP contribution in [0.5, 0.6) is 0 Å². The second-order valence-corrected chi connectivity index (χ2v) is 5.83. The van der Waals surface area contributed by atoms with Crippen molar-refractivity contribution < 1.29 is 10.2 Å². The van der Waals surface area contributed by atoms with Crippen molar-refractivity contribution in [2.45, 2.75) is 32.9 Å². The number of aryl methyl sites for hydroxylation is 3. The van der Waals surface area contributed by atoms with E-state index in [1.807, 2.05) is 17.7 Å². The molecule has 0 saturated carbocycles. The molecule has 0 spiro atoms. The minimum atomic E-state index is -0.444. The van der Waals surface area contributed by atoms with Gasteiger partial charge in [-0.2, -0.15) is 4.98 Å². The van der Waals surface area contributed by atoms with Crippen molar-refractivity contribution in [1.29, 1.82) is 0 Å². The van der Waals surface area contributed by atoms with Gasteiger partial charge in [-0.1, -0.05) is 0 Å². The van der Waals surface area contributed by atoms with Gasteiger partial charge in [0.05, 0.1) is 0 Å². The van der Waals surface area contributed by atoms with Crippen LogP contribution in [0.1, 0.15) is 18.5 Å². The number of imidazole rings is 2. The molecule has 3 heterocycles. The summed E-state index contributed by atoms with van der Waals surface area (Å²) in [4.78, 5) is 29.6. The Morgan fingerprint density at radius 1 is 1.08 bits per heavy atom. The Labute approximate surface area is 137 Å². The van der Waals surface area contributed by atoms with Gasteiger partial charge < -0.3 is 14.8 Å². The van der Waals surface area contributed by atoms with Crippen molar-refractivity contribution in [3.05, 3.63) is 32.7 Å². The summed E-state index contributed by atoms with van der Waals surface area (Å²) in [6, 6.07) is 0. The van der Waals surface area contributed by atoms with E-state index in [1.54, 1.807) is 11.4 Å². The highest BCUT2D eigenvalue weighted by atomic mass is 16.3. The summed E-state index contributed by atoms with van der Waals surface area (Å²) in [6.07, 6.45) is 2.72. The fraction of sp³-hybridized carbons (Fsp3) is 0.533. The van der Waals surface area contributed by atoms with Crippen LogP contribution < -0.4 is 11.2 Å². The van der Waals surface area contributed by atoms with Gasteiger partial charge in [-0.15, -0.1) is 0 Å². The van der Waals surface area contributed by atoms with E-state index >= 15 is 0 Å². The molecule has 2 N–H and O–H groups in total. The Bertz CT molecular complexity index is 1010. The molecule has 0 aromatic carbocycles. The van der Waals surface area contributed by atoms with Crippen LogP contribution in [0, 0.1) is 6.92 Å². The lowest BCUT2D eigenvalue weighted by molar-refractivity contribution is 0.277. The van der Waals surface area contributed by atoms with E-state index in [0.29, 0.717) is 36.3 Å². The lowest BCUT2D eigenvalue weighted by Crippen LogP contribution is -2.39. The van der Waals surface area contributed by atoms with Crippen LogP contribution in [0.25, 0.3) is 16.9 Å². The molecule has 3 aromatic heterocycles. The predicted octanol–water partition coefficient (Wildman–Crippen LogP) is -0.777. The van der Waals surface area contributed by atoms with Crippen LogP contribution >= 0.6 is 0 Å². The lowest BCUT2D eigenvalue weighted by atomic mass is 10.4. The Hall–Kier alpha value is -2.39. The predicted molar refractivity (Wildman–Crippen MR) is 88.3 cm³/mol. The third-order valence-corrected chi connectivity index (χ3v) is 4.22. The third kappa shape index (κ3) is 2.36. The molecule has 0 radical (unpaired) electrons. The molecule has 3 aromatic rings. The van der Waals surface area contributed by atoms with Crippen LogP contribution in [0.2, 0.25) is 0 Å². The Kier molecular flexibility index (Phi) is 4.29. The number of nitrogens with zero attached hydrogens (tertiary/aromatic N) is 5. The van der Waals surface area contributed by atoms with Crippen LogP contribution in [-0.2, 0) is 20.1 Å². The Morgan fingerprint density at radius 2 is 1.71 bits per heavy atom. The van der Waals surface area contributed by atoms with Gasteiger partial charge in [-0.05, 0) is 19.8 Å². The monoisotopic (exact) mass is 335 g/mol. The van der Waals surface area contributed by atoms with Crippen molar-refractivity contribution in [3.8, 4) is 0 Å². The third-order valence-electron chi connectivity index (χ3n) is 4.22. The minimum absolute atomic E-state index is 0.0659. The zero-order valence-electron chi connectivity index (χ0n) is 13.8. The number of aliphatic hydroxyl groups is 2. The van der Waals surface area contributed by atoms with Crippen molar-refractivity contribution >= 4 is 16.9 Å². The molecule has 0 unspecified atom stereocenters. The first kappa shape index (κ1) is 16.5. The summed E-state index contributed by atoms with van der Waals surface area (Å²) in [5.41, 5.74) is 0.741. The zero-order chi connectivity index (χ0) is 17.4. The summed E-state index contributed by atoms with van der Waals surface area (Å²) >= 11 is 0. The lowest BCUT2D eigenvalue weighted by Gasteiger charge is -2.07. The molecule has 0 amide bonds. The largest absolute Gasteiger partial charge is 0.396 e. The zero-order valence-corrected chi connectivity index (χ0v) is 13.8. The molecule has 0 aliphatic rings. The van der Waals surface area contributed by atoms with Crippen molar-refractivity contribution in [1.82, 2.24) is 23.1 Å². The standard InChI is InChI=1S/C15H21N5O4/c1-10-9-20-11-12(16-14(20)18(10)5-3-7-21)17(2)15(24)19(13(11)23)6-4-8-22/h9,21-22H,3-8H2,1-2H3. The number of aliphatic hydroxyl groups excluding tert-OH is 2. The highest BCUT2D eigenvalue weighted by molar-refractivity contribution is 5.75. The first-order valence-corrected chi connectivity index (χ1v) is 7.90.